The maximum absolute atomic E-state index is 13.0. The van der Waals surface area contributed by atoms with Crippen molar-refractivity contribution in [2.24, 2.45) is 5.41 Å². The van der Waals surface area contributed by atoms with Crippen molar-refractivity contribution in [3.05, 3.63) is 46.8 Å². The lowest BCUT2D eigenvalue weighted by Crippen LogP contribution is -2.29. The normalized spacial score (nSPS) is 16.6. The Bertz CT molecular complexity index is 1140. The predicted octanol–water partition coefficient (Wildman–Crippen LogP) is 3.06. The number of aromatic nitrogens is 2. The van der Waals surface area contributed by atoms with Crippen molar-refractivity contribution < 1.29 is 27.8 Å². The molecule has 0 fully saturated rings. The second-order valence-electron chi connectivity index (χ2n) is 9.91. The number of aliphatic hydroxyl groups excluding tert-OH is 1. The molecule has 1 aliphatic rings. The van der Waals surface area contributed by atoms with E-state index in [0.29, 0.717) is 50.3 Å². The number of carbonyl (C=O) groups is 1. The number of aryl methyl sites for hydroxylation is 1. The average molecular weight is 522 g/mol. The van der Waals surface area contributed by atoms with Gasteiger partial charge in [0.25, 0.3) is 5.91 Å². The average Bonchev–Trinajstić information content (AvgIpc) is 3.18. The molecule has 2 aromatic rings. The monoisotopic (exact) mass is 521 g/mol. The van der Waals surface area contributed by atoms with Gasteiger partial charge < -0.3 is 19.9 Å². The minimum absolute atomic E-state index is 0.0154. The first kappa shape index (κ1) is 28.3. The number of nitrogens with one attached hydrogen (secondary N) is 1. The number of hydrogen-bond donors (Lipinski definition) is 2. The summed E-state index contributed by atoms with van der Waals surface area (Å²) in [5.74, 6) is -0.111. The van der Waals surface area contributed by atoms with Crippen LogP contribution >= 0.6 is 0 Å². The summed E-state index contributed by atoms with van der Waals surface area (Å²) in [4.78, 5) is 13.1. The lowest BCUT2D eigenvalue weighted by Gasteiger charge is -2.27. The first-order valence-corrected chi connectivity index (χ1v) is 14.3. The lowest BCUT2D eigenvalue weighted by atomic mass is 9.94. The molecule has 2 N–H and O–H groups in total. The number of fused-ring (bicyclic) bond motifs is 1. The van der Waals surface area contributed by atoms with E-state index >= 15 is 0 Å². The van der Waals surface area contributed by atoms with E-state index in [-0.39, 0.29) is 23.2 Å². The van der Waals surface area contributed by atoms with Crippen LogP contribution in [0.2, 0.25) is 0 Å². The molecule has 10 heteroatoms. The van der Waals surface area contributed by atoms with Gasteiger partial charge in [-0.15, -0.1) is 0 Å². The zero-order chi connectivity index (χ0) is 26.3. The maximum atomic E-state index is 13.0. The summed E-state index contributed by atoms with van der Waals surface area (Å²) in [6.45, 7) is 10.1. The molecular formula is C26H39N3O6S. The molecule has 0 saturated carbocycles. The number of sulfone groups is 1. The molecule has 0 bridgehead atoms. The molecule has 1 aromatic heterocycles. The molecule has 1 atom stereocenters. The summed E-state index contributed by atoms with van der Waals surface area (Å²) in [6, 6.07) is 6.22. The van der Waals surface area contributed by atoms with Crippen LogP contribution < -0.4 is 5.32 Å². The van der Waals surface area contributed by atoms with Crippen molar-refractivity contribution in [3.8, 4) is 0 Å². The Kier molecular flexibility index (Phi) is 9.68. The fourth-order valence-corrected chi connectivity index (χ4v) is 5.17. The van der Waals surface area contributed by atoms with Gasteiger partial charge in [0.05, 0.1) is 34.2 Å². The summed E-state index contributed by atoms with van der Waals surface area (Å²) in [5, 5.41) is 18.4. The summed E-state index contributed by atoms with van der Waals surface area (Å²) >= 11 is 0. The second kappa shape index (κ2) is 12.3. The number of nitrogens with zero attached hydrogens (tertiary/aromatic N) is 2. The van der Waals surface area contributed by atoms with Crippen molar-refractivity contribution >= 4 is 15.7 Å². The highest BCUT2D eigenvalue weighted by atomic mass is 32.2. The zero-order valence-electron chi connectivity index (χ0n) is 21.7. The molecule has 9 nitrogen and oxygen atoms in total. The van der Waals surface area contributed by atoms with Crippen molar-refractivity contribution in [1.29, 1.82) is 0 Å². The van der Waals surface area contributed by atoms with Gasteiger partial charge in [0.15, 0.2) is 16.1 Å². The molecule has 2 heterocycles. The molecule has 1 amide bonds. The molecule has 36 heavy (non-hydrogen) atoms. The third kappa shape index (κ3) is 7.15. The SMILES string of the molecule is CCc1nn(CC(C)(C)COC(O)c2cccc(S(=O)(=O)CC)c2)c2c1C(=O)NCCCOCCC2. The fraction of sp³-hybridized carbons (Fsp3) is 0.615. The standard InChI is InChI=1S/C26H39N3O6S/c1-5-21-23-22(12-8-14-34-15-9-13-27-24(23)30)29(28-21)17-26(3,4)18-35-25(31)19-10-7-11-20(16-19)36(32,33)6-2/h7,10-11,16,25,31H,5-6,8-9,12-15,17-18H2,1-4H3,(H,27,30). The third-order valence-electron chi connectivity index (χ3n) is 6.24. The number of hydrogen-bond acceptors (Lipinski definition) is 7. The summed E-state index contributed by atoms with van der Waals surface area (Å²) in [5.41, 5.74) is 2.27. The van der Waals surface area contributed by atoms with Crippen LogP contribution in [0.25, 0.3) is 0 Å². The first-order valence-electron chi connectivity index (χ1n) is 12.6. The third-order valence-corrected chi connectivity index (χ3v) is 7.97. The van der Waals surface area contributed by atoms with Crippen LogP contribution in [0.4, 0.5) is 0 Å². The lowest BCUT2D eigenvalue weighted by molar-refractivity contribution is -0.127. The predicted molar refractivity (Wildman–Crippen MR) is 137 cm³/mol. The molecular weight excluding hydrogens is 482 g/mol. The minimum atomic E-state index is -3.38. The molecule has 1 aliphatic heterocycles. The van der Waals surface area contributed by atoms with Crippen LogP contribution in [0.3, 0.4) is 0 Å². The maximum Gasteiger partial charge on any atom is 0.255 e. The quantitative estimate of drug-likeness (QED) is 0.487. The van der Waals surface area contributed by atoms with Crippen LogP contribution in [0.15, 0.2) is 29.2 Å². The van der Waals surface area contributed by atoms with Gasteiger partial charge in [-0.25, -0.2) is 8.42 Å². The van der Waals surface area contributed by atoms with E-state index in [0.717, 1.165) is 24.2 Å². The van der Waals surface area contributed by atoms with Gasteiger partial charge in [-0.05, 0) is 37.8 Å². The van der Waals surface area contributed by atoms with Crippen molar-refractivity contribution in [1.82, 2.24) is 15.1 Å². The molecule has 200 valence electrons. The summed E-state index contributed by atoms with van der Waals surface area (Å²) in [6.07, 6.45) is 1.62. The molecule has 1 aromatic carbocycles. The van der Waals surface area contributed by atoms with E-state index < -0.39 is 21.5 Å². The summed E-state index contributed by atoms with van der Waals surface area (Å²) in [7, 11) is -3.38. The number of ether oxygens (including phenoxy) is 2. The Balaban J connectivity index is 1.76. The Morgan fingerprint density at radius 3 is 2.72 bits per heavy atom. The smallest absolute Gasteiger partial charge is 0.255 e. The van der Waals surface area contributed by atoms with Gasteiger partial charge in [0.2, 0.25) is 0 Å². The number of carbonyl (C=O) groups excluding carboxylic acids is 1. The van der Waals surface area contributed by atoms with E-state index in [1.54, 1.807) is 19.1 Å². The van der Waals surface area contributed by atoms with Gasteiger partial charge in [0.1, 0.15) is 0 Å². The topological polar surface area (TPSA) is 120 Å². The fourth-order valence-electron chi connectivity index (χ4n) is 4.23. The van der Waals surface area contributed by atoms with Gasteiger partial charge >= 0.3 is 0 Å². The van der Waals surface area contributed by atoms with Crippen molar-refractivity contribution in [3.63, 3.8) is 0 Å². The van der Waals surface area contributed by atoms with Crippen LogP contribution in [-0.4, -0.2) is 61.3 Å². The van der Waals surface area contributed by atoms with Crippen LogP contribution in [0.5, 0.6) is 0 Å². The largest absolute Gasteiger partial charge is 0.381 e. The number of amides is 1. The number of benzene rings is 1. The molecule has 3 rings (SSSR count). The Hall–Kier alpha value is -2.27. The number of rotatable bonds is 9. The molecule has 0 saturated heterocycles. The zero-order valence-corrected chi connectivity index (χ0v) is 22.6. The Morgan fingerprint density at radius 2 is 2.00 bits per heavy atom. The van der Waals surface area contributed by atoms with E-state index in [2.05, 4.69) is 5.32 Å². The van der Waals surface area contributed by atoms with E-state index in [9.17, 15) is 18.3 Å². The highest BCUT2D eigenvalue weighted by Gasteiger charge is 2.28. The van der Waals surface area contributed by atoms with Gasteiger partial charge in [-0.1, -0.05) is 39.8 Å². The Morgan fingerprint density at radius 1 is 1.25 bits per heavy atom. The molecule has 1 unspecified atom stereocenters. The molecule has 0 spiro atoms. The molecule has 0 aliphatic carbocycles. The van der Waals surface area contributed by atoms with Crippen molar-refractivity contribution in [2.45, 2.75) is 71.1 Å². The van der Waals surface area contributed by atoms with Crippen LogP contribution in [0.1, 0.15) is 74.1 Å². The highest BCUT2D eigenvalue weighted by molar-refractivity contribution is 7.91. The first-order chi connectivity index (χ1) is 17.1. The van der Waals surface area contributed by atoms with E-state index in [1.807, 2.05) is 25.5 Å². The van der Waals surface area contributed by atoms with E-state index in [4.69, 9.17) is 14.6 Å². The minimum Gasteiger partial charge on any atom is -0.381 e. The second-order valence-corrected chi connectivity index (χ2v) is 12.2. The van der Waals surface area contributed by atoms with Gasteiger partial charge in [-0.2, -0.15) is 5.10 Å². The van der Waals surface area contributed by atoms with Crippen LogP contribution in [-0.2, 0) is 38.7 Å². The van der Waals surface area contributed by atoms with Crippen molar-refractivity contribution in [2.75, 3.05) is 32.1 Å². The van der Waals surface area contributed by atoms with Crippen LogP contribution in [0, 0.1) is 5.41 Å². The highest BCUT2D eigenvalue weighted by Crippen LogP contribution is 2.27. The summed E-state index contributed by atoms with van der Waals surface area (Å²) < 4.78 is 37.7. The molecule has 0 radical (unpaired) electrons. The number of aliphatic hydroxyl groups is 1. The van der Waals surface area contributed by atoms with Gasteiger partial charge in [-0.3, -0.25) is 9.48 Å². The van der Waals surface area contributed by atoms with E-state index in [1.165, 1.54) is 12.1 Å². The van der Waals surface area contributed by atoms with Gasteiger partial charge in [0, 0.05) is 37.3 Å². The Labute approximate surface area is 214 Å².